The number of aryl methyl sites for hydroxylation is 1. The molecule has 1 aliphatic heterocycles. The van der Waals surface area contributed by atoms with Crippen LogP contribution in [0.5, 0.6) is 0 Å². The number of sulfonamides is 1. The summed E-state index contributed by atoms with van der Waals surface area (Å²) < 4.78 is 27.0. The molecule has 0 unspecified atom stereocenters. The summed E-state index contributed by atoms with van der Waals surface area (Å²) in [6.45, 7) is 3.56. The van der Waals surface area contributed by atoms with Crippen LogP contribution in [0, 0.1) is 6.92 Å². The second kappa shape index (κ2) is 6.35. The molecule has 0 saturated carbocycles. The van der Waals surface area contributed by atoms with Gasteiger partial charge in [-0.25, -0.2) is 8.42 Å². The molecule has 1 aromatic heterocycles. The molecular weight excluding hydrogens is 280 g/mol. The highest BCUT2D eigenvalue weighted by Gasteiger charge is 2.27. The van der Waals surface area contributed by atoms with Gasteiger partial charge in [0, 0.05) is 29.4 Å². The lowest BCUT2D eigenvalue weighted by Crippen LogP contribution is -2.33. The van der Waals surface area contributed by atoms with Gasteiger partial charge in [-0.05, 0) is 25.8 Å². The summed E-state index contributed by atoms with van der Waals surface area (Å²) in [6.07, 6.45) is 5.41. The molecule has 0 radical (unpaired) electrons. The van der Waals surface area contributed by atoms with E-state index >= 15 is 0 Å². The molecule has 1 fully saturated rings. The third kappa shape index (κ3) is 3.37. The average molecular weight is 302 g/mol. The molecule has 2 rings (SSSR count). The van der Waals surface area contributed by atoms with E-state index in [0.29, 0.717) is 24.5 Å². The molecule has 108 valence electrons. The summed E-state index contributed by atoms with van der Waals surface area (Å²) in [7, 11) is -3.33. The average Bonchev–Trinajstić information content (AvgIpc) is 2.70. The van der Waals surface area contributed by atoms with Crippen LogP contribution in [0.3, 0.4) is 0 Å². The lowest BCUT2D eigenvalue weighted by molar-refractivity contribution is 0.364. The van der Waals surface area contributed by atoms with Gasteiger partial charge >= 0.3 is 0 Å². The quantitative estimate of drug-likeness (QED) is 0.933. The predicted octanol–water partition coefficient (Wildman–Crippen LogP) is 2.47. The summed E-state index contributed by atoms with van der Waals surface area (Å²) in [6, 6.07) is 1.74. The van der Waals surface area contributed by atoms with E-state index in [9.17, 15) is 8.42 Å². The SMILES string of the molecule is Cc1sc(CN)cc1S(=O)(=O)N1CCCCCCC1. The van der Waals surface area contributed by atoms with Crippen molar-refractivity contribution in [3.8, 4) is 0 Å². The van der Waals surface area contributed by atoms with Crippen molar-refractivity contribution in [3.05, 3.63) is 15.8 Å². The van der Waals surface area contributed by atoms with Gasteiger partial charge in [0.25, 0.3) is 0 Å². The minimum Gasteiger partial charge on any atom is -0.326 e. The fourth-order valence-corrected chi connectivity index (χ4v) is 5.48. The number of nitrogens with two attached hydrogens (primary N) is 1. The largest absolute Gasteiger partial charge is 0.326 e. The maximum absolute atomic E-state index is 12.7. The van der Waals surface area contributed by atoms with Crippen LogP contribution in [0.1, 0.15) is 41.9 Å². The van der Waals surface area contributed by atoms with Crippen LogP contribution >= 0.6 is 11.3 Å². The molecule has 6 heteroatoms. The van der Waals surface area contributed by atoms with Gasteiger partial charge in [-0.1, -0.05) is 19.3 Å². The maximum atomic E-state index is 12.7. The van der Waals surface area contributed by atoms with Crippen LogP contribution in [-0.2, 0) is 16.6 Å². The van der Waals surface area contributed by atoms with Crippen molar-refractivity contribution in [2.24, 2.45) is 5.73 Å². The summed E-state index contributed by atoms with van der Waals surface area (Å²) in [4.78, 5) is 2.24. The van der Waals surface area contributed by atoms with Gasteiger partial charge < -0.3 is 5.73 Å². The van der Waals surface area contributed by atoms with Crippen LogP contribution < -0.4 is 5.73 Å². The lowest BCUT2D eigenvalue weighted by atomic mass is 10.1. The summed E-state index contributed by atoms with van der Waals surface area (Å²) in [5.41, 5.74) is 5.60. The van der Waals surface area contributed by atoms with Gasteiger partial charge in [0.1, 0.15) is 0 Å². The summed E-state index contributed by atoms with van der Waals surface area (Å²) >= 11 is 1.48. The van der Waals surface area contributed by atoms with Gasteiger partial charge in [-0.15, -0.1) is 11.3 Å². The first-order valence-corrected chi connectivity index (χ1v) is 9.11. The third-order valence-electron chi connectivity index (χ3n) is 3.56. The van der Waals surface area contributed by atoms with Crippen molar-refractivity contribution in [2.45, 2.75) is 50.5 Å². The Hall–Kier alpha value is -0.430. The van der Waals surface area contributed by atoms with E-state index < -0.39 is 10.0 Å². The molecule has 1 aliphatic rings. The minimum absolute atomic E-state index is 0.404. The monoisotopic (exact) mass is 302 g/mol. The maximum Gasteiger partial charge on any atom is 0.244 e. The van der Waals surface area contributed by atoms with Gasteiger partial charge in [-0.3, -0.25) is 0 Å². The first-order valence-electron chi connectivity index (χ1n) is 6.85. The molecule has 0 spiro atoms. The first-order chi connectivity index (χ1) is 9.05. The van der Waals surface area contributed by atoms with Crippen LogP contribution in [0.25, 0.3) is 0 Å². The van der Waals surface area contributed by atoms with Crippen LogP contribution in [-0.4, -0.2) is 25.8 Å². The van der Waals surface area contributed by atoms with E-state index in [-0.39, 0.29) is 0 Å². The molecular formula is C13H22N2O2S2. The van der Waals surface area contributed by atoms with E-state index in [1.807, 2.05) is 6.92 Å². The van der Waals surface area contributed by atoms with Gasteiger partial charge in [0.05, 0.1) is 4.90 Å². The van der Waals surface area contributed by atoms with Crippen molar-refractivity contribution >= 4 is 21.4 Å². The Morgan fingerprint density at radius 2 is 1.79 bits per heavy atom. The van der Waals surface area contributed by atoms with Crippen LogP contribution in [0.15, 0.2) is 11.0 Å². The zero-order chi connectivity index (χ0) is 13.9. The van der Waals surface area contributed by atoms with Gasteiger partial charge in [0.15, 0.2) is 0 Å². The Morgan fingerprint density at radius 3 is 2.32 bits per heavy atom. The highest BCUT2D eigenvalue weighted by molar-refractivity contribution is 7.89. The minimum atomic E-state index is -3.33. The second-order valence-electron chi connectivity index (χ2n) is 5.01. The van der Waals surface area contributed by atoms with E-state index in [4.69, 9.17) is 5.73 Å². The zero-order valence-electron chi connectivity index (χ0n) is 11.4. The Morgan fingerprint density at radius 1 is 1.21 bits per heavy atom. The van der Waals surface area contributed by atoms with Gasteiger partial charge in [-0.2, -0.15) is 4.31 Å². The van der Waals surface area contributed by atoms with Crippen LogP contribution in [0.2, 0.25) is 0 Å². The van der Waals surface area contributed by atoms with Crippen molar-refractivity contribution in [1.82, 2.24) is 4.31 Å². The number of nitrogens with zero attached hydrogens (tertiary/aromatic N) is 1. The number of hydrogen-bond donors (Lipinski definition) is 1. The lowest BCUT2D eigenvalue weighted by Gasteiger charge is -2.24. The molecule has 0 atom stereocenters. The molecule has 2 N–H and O–H groups in total. The number of thiophene rings is 1. The second-order valence-corrected chi connectivity index (χ2v) is 8.26. The number of rotatable bonds is 3. The summed E-state index contributed by atoms with van der Waals surface area (Å²) in [5, 5.41) is 0. The third-order valence-corrected chi connectivity index (χ3v) is 6.78. The smallest absolute Gasteiger partial charge is 0.244 e. The fourth-order valence-electron chi connectivity index (χ4n) is 2.48. The van der Waals surface area contributed by atoms with Crippen molar-refractivity contribution in [3.63, 3.8) is 0 Å². The van der Waals surface area contributed by atoms with Crippen molar-refractivity contribution in [1.29, 1.82) is 0 Å². The van der Waals surface area contributed by atoms with E-state index in [2.05, 4.69) is 0 Å². The van der Waals surface area contributed by atoms with E-state index in [1.165, 1.54) is 17.8 Å². The number of hydrogen-bond acceptors (Lipinski definition) is 4. The van der Waals surface area contributed by atoms with Crippen molar-refractivity contribution < 1.29 is 8.42 Å². The summed E-state index contributed by atoms with van der Waals surface area (Å²) in [5.74, 6) is 0. The van der Waals surface area contributed by atoms with Crippen LogP contribution in [0.4, 0.5) is 0 Å². The zero-order valence-corrected chi connectivity index (χ0v) is 13.0. The predicted molar refractivity (Wildman–Crippen MR) is 78.8 cm³/mol. The molecule has 1 aromatic rings. The Bertz CT molecular complexity index is 515. The molecule has 0 aliphatic carbocycles. The highest BCUT2D eigenvalue weighted by atomic mass is 32.2. The topological polar surface area (TPSA) is 63.4 Å². The Balaban J connectivity index is 2.26. The van der Waals surface area contributed by atoms with Crippen molar-refractivity contribution in [2.75, 3.05) is 13.1 Å². The van der Waals surface area contributed by atoms with Gasteiger partial charge in [0.2, 0.25) is 10.0 Å². The molecule has 19 heavy (non-hydrogen) atoms. The molecule has 2 heterocycles. The standard InChI is InChI=1S/C13H22N2O2S2/c1-11-13(9-12(10-14)18-11)19(16,17)15-7-5-3-2-4-6-8-15/h9H,2-8,10,14H2,1H3. The van der Waals surface area contributed by atoms with E-state index in [0.717, 1.165) is 35.4 Å². The van der Waals surface area contributed by atoms with E-state index in [1.54, 1.807) is 10.4 Å². The first kappa shape index (κ1) is 15.0. The Kier molecular flexibility index (Phi) is 5.00. The molecule has 0 aromatic carbocycles. The normalized spacial score (nSPS) is 19.1. The highest BCUT2D eigenvalue weighted by Crippen LogP contribution is 2.29. The molecule has 4 nitrogen and oxygen atoms in total. The molecule has 1 saturated heterocycles. The molecule has 0 bridgehead atoms. The fraction of sp³-hybridized carbons (Fsp3) is 0.692. The molecule has 0 amide bonds. The Labute approximate surface area is 119 Å².